The first kappa shape index (κ1) is 15.1. The molecule has 24 heavy (non-hydrogen) atoms. The van der Waals surface area contributed by atoms with Crippen LogP contribution in [0.1, 0.15) is 16.5 Å². The highest BCUT2D eigenvalue weighted by atomic mass is 32.1. The zero-order chi connectivity index (χ0) is 16.4. The van der Waals surface area contributed by atoms with Crippen LogP contribution in [0.5, 0.6) is 5.75 Å². The number of ether oxygens (including phenoxy) is 1. The van der Waals surface area contributed by atoms with E-state index in [-0.39, 0.29) is 6.04 Å². The van der Waals surface area contributed by atoms with Crippen molar-refractivity contribution in [2.24, 2.45) is 0 Å². The molecule has 0 amide bonds. The molecule has 2 atom stereocenters. The number of para-hydroxylation sites is 1. The van der Waals surface area contributed by atoms with Crippen molar-refractivity contribution >= 4 is 22.7 Å². The molecule has 0 unspecified atom stereocenters. The maximum absolute atomic E-state index is 5.25. The van der Waals surface area contributed by atoms with E-state index in [4.69, 9.17) is 4.74 Å². The number of anilines is 2. The van der Waals surface area contributed by atoms with Gasteiger partial charge in [-0.2, -0.15) is 0 Å². The van der Waals surface area contributed by atoms with E-state index in [1.165, 1.54) is 16.1 Å². The standard InChI is InChI=1S/C20H20N2OS/c1-23-16-10-8-15(9-11-16)21-20(19-7-4-12-24-19)18-13-14-5-2-3-6-17(14)22-18/h2-12,18,20-22H,13H2,1H3/t18-,20-/m0/s1. The Kier molecular flexibility index (Phi) is 4.13. The third-order valence-electron chi connectivity index (χ3n) is 4.46. The van der Waals surface area contributed by atoms with Crippen molar-refractivity contribution < 1.29 is 4.74 Å². The van der Waals surface area contributed by atoms with Crippen LogP contribution in [0.2, 0.25) is 0 Å². The van der Waals surface area contributed by atoms with Crippen LogP contribution in [0.3, 0.4) is 0 Å². The van der Waals surface area contributed by atoms with Crippen molar-refractivity contribution in [2.45, 2.75) is 18.5 Å². The largest absolute Gasteiger partial charge is 0.497 e. The maximum atomic E-state index is 5.25. The normalized spacial score (nSPS) is 17.0. The zero-order valence-corrected chi connectivity index (χ0v) is 14.3. The number of hydrogen-bond acceptors (Lipinski definition) is 4. The molecule has 4 heteroatoms. The lowest BCUT2D eigenvalue weighted by Crippen LogP contribution is -2.30. The quantitative estimate of drug-likeness (QED) is 0.692. The van der Waals surface area contributed by atoms with Gasteiger partial charge in [-0.3, -0.25) is 0 Å². The first-order valence-corrected chi connectivity index (χ1v) is 9.00. The molecule has 0 saturated carbocycles. The first-order chi connectivity index (χ1) is 11.8. The summed E-state index contributed by atoms with van der Waals surface area (Å²) in [6.07, 6.45) is 1.03. The Morgan fingerprint density at radius 3 is 2.62 bits per heavy atom. The van der Waals surface area contributed by atoms with Crippen molar-refractivity contribution in [1.29, 1.82) is 0 Å². The third kappa shape index (κ3) is 2.97. The van der Waals surface area contributed by atoms with Gasteiger partial charge in [0.15, 0.2) is 0 Å². The minimum atomic E-state index is 0.228. The Hall–Kier alpha value is -2.46. The van der Waals surface area contributed by atoms with Gasteiger partial charge >= 0.3 is 0 Å². The molecule has 2 heterocycles. The number of fused-ring (bicyclic) bond motifs is 1. The maximum Gasteiger partial charge on any atom is 0.119 e. The Bertz CT molecular complexity index is 774. The summed E-state index contributed by atoms with van der Waals surface area (Å²) in [6.45, 7) is 0. The minimum absolute atomic E-state index is 0.228. The smallest absolute Gasteiger partial charge is 0.119 e. The molecule has 0 spiro atoms. The molecule has 0 fully saturated rings. The molecule has 0 saturated heterocycles. The van der Waals surface area contributed by atoms with Gasteiger partial charge in [0.1, 0.15) is 5.75 Å². The van der Waals surface area contributed by atoms with Crippen LogP contribution >= 0.6 is 11.3 Å². The Morgan fingerprint density at radius 2 is 1.92 bits per heavy atom. The lowest BCUT2D eigenvalue weighted by Gasteiger charge is -2.25. The summed E-state index contributed by atoms with van der Waals surface area (Å²) in [5.41, 5.74) is 3.74. The predicted molar refractivity (Wildman–Crippen MR) is 101 cm³/mol. The molecular formula is C20H20N2OS. The van der Waals surface area contributed by atoms with Gasteiger partial charge in [-0.15, -0.1) is 11.3 Å². The Balaban J connectivity index is 1.59. The van der Waals surface area contributed by atoms with E-state index in [1.54, 1.807) is 18.4 Å². The molecule has 0 bridgehead atoms. The molecule has 0 radical (unpaired) electrons. The van der Waals surface area contributed by atoms with Gasteiger partial charge in [-0.1, -0.05) is 24.3 Å². The molecule has 3 nitrogen and oxygen atoms in total. The zero-order valence-electron chi connectivity index (χ0n) is 13.5. The van der Waals surface area contributed by atoms with Crippen LogP contribution in [0.4, 0.5) is 11.4 Å². The molecule has 0 aliphatic carbocycles. The number of hydrogen-bond donors (Lipinski definition) is 2. The van der Waals surface area contributed by atoms with Crippen LogP contribution in [-0.2, 0) is 6.42 Å². The molecule has 1 aliphatic heterocycles. The molecule has 1 aliphatic rings. The van der Waals surface area contributed by atoms with Gasteiger partial charge < -0.3 is 15.4 Å². The summed E-state index contributed by atoms with van der Waals surface area (Å²) in [7, 11) is 1.69. The van der Waals surface area contributed by atoms with E-state index in [1.807, 2.05) is 12.1 Å². The average molecular weight is 336 g/mol. The van der Waals surface area contributed by atoms with Crippen molar-refractivity contribution in [3.05, 3.63) is 76.5 Å². The van der Waals surface area contributed by atoms with Crippen LogP contribution in [0.15, 0.2) is 66.0 Å². The van der Waals surface area contributed by atoms with E-state index in [0.29, 0.717) is 6.04 Å². The second-order valence-corrected chi connectivity index (χ2v) is 6.96. The van der Waals surface area contributed by atoms with E-state index in [2.05, 4.69) is 64.5 Å². The molecular weight excluding hydrogens is 316 g/mol. The average Bonchev–Trinajstić information content (AvgIpc) is 3.29. The van der Waals surface area contributed by atoms with Crippen molar-refractivity contribution in [3.63, 3.8) is 0 Å². The number of rotatable bonds is 5. The predicted octanol–water partition coefficient (Wildman–Crippen LogP) is 4.95. The molecule has 2 aromatic carbocycles. The fourth-order valence-electron chi connectivity index (χ4n) is 3.23. The number of thiophene rings is 1. The highest BCUT2D eigenvalue weighted by molar-refractivity contribution is 7.10. The van der Waals surface area contributed by atoms with Gasteiger partial charge in [0.25, 0.3) is 0 Å². The second-order valence-electron chi connectivity index (χ2n) is 5.98. The van der Waals surface area contributed by atoms with Gasteiger partial charge in [-0.25, -0.2) is 0 Å². The first-order valence-electron chi connectivity index (χ1n) is 8.12. The summed E-state index contributed by atoms with van der Waals surface area (Å²) in [6, 6.07) is 21.6. The SMILES string of the molecule is COc1ccc(N[C@H](c2cccs2)[C@@H]2Cc3ccccc3N2)cc1. The van der Waals surface area contributed by atoms with Gasteiger partial charge in [-0.05, 0) is 53.8 Å². The van der Waals surface area contributed by atoms with Gasteiger partial charge in [0, 0.05) is 16.3 Å². The van der Waals surface area contributed by atoms with Crippen molar-refractivity contribution in [3.8, 4) is 5.75 Å². The lowest BCUT2D eigenvalue weighted by molar-refractivity contribution is 0.415. The highest BCUT2D eigenvalue weighted by Gasteiger charge is 2.29. The van der Waals surface area contributed by atoms with Gasteiger partial charge in [0.2, 0.25) is 0 Å². The second kappa shape index (κ2) is 6.57. The number of methoxy groups -OCH3 is 1. The summed E-state index contributed by atoms with van der Waals surface area (Å²) < 4.78 is 5.25. The van der Waals surface area contributed by atoms with Crippen LogP contribution in [-0.4, -0.2) is 13.2 Å². The Labute approximate surface area is 146 Å². The molecule has 4 rings (SSSR count). The van der Waals surface area contributed by atoms with E-state index >= 15 is 0 Å². The number of nitrogens with one attached hydrogen (secondary N) is 2. The van der Waals surface area contributed by atoms with Crippen molar-refractivity contribution in [1.82, 2.24) is 0 Å². The van der Waals surface area contributed by atoms with Gasteiger partial charge in [0.05, 0.1) is 19.2 Å². The lowest BCUT2D eigenvalue weighted by atomic mass is 10.0. The summed E-state index contributed by atoms with van der Waals surface area (Å²) in [5.74, 6) is 0.875. The van der Waals surface area contributed by atoms with E-state index in [9.17, 15) is 0 Å². The number of benzene rings is 2. The molecule has 2 N–H and O–H groups in total. The fourth-order valence-corrected chi connectivity index (χ4v) is 4.07. The summed E-state index contributed by atoms with van der Waals surface area (Å²) in [5, 5.41) is 9.53. The van der Waals surface area contributed by atoms with Crippen LogP contribution in [0, 0.1) is 0 Å². The fraction of sp³-hybridized carbons (Fsp3) is 0.200. The highest BCUT2D eigenvalue weighted by Crippen LogP contribution is 2.35. The third-order valence-corrected chi connectivity index (χ3v) is 5.42. The minimum Gasteiger partial charge on any atom is -0.497 e. The monoisotopic (exact) mass is 336 g/mol. The summed E-state index contributed by atoms with van der Waals surface area (Å²) >= 11 is 1.80. The Morgan fingerprint density at radius 1 is 1.08 bits per heavy atom. The molecule has 3 aromatic rings. The molecule has 1 aromatic heterocycles. The summed E-state index contributed by atoms with van der Waals surface area (Å²) in [4.78, 5) is 1.34. The van der Waals surface area contributed by atoms with E-state index < -0.39 is 0 Å². The van der Waals surface area contributed by atoms with E-state index in [0.717, 1.165) is 17.9 Å². The van der Waals surface area contributed by atoms with Crippen molar-refractivity contribution in [2.75, 3.05) is 17.7 Å². The topological polar surface area (TPSA) is 33.3 Å². The van der Waals surface area contributed by atoms with Crippen LogP contribution < -0.4 is 15.4 Å². The van der Waals surface area contributed by atoms with Crippen LogP contribution in [0.25, 0.3) is 0 Å². The molecule has 122 valence electrons.